The van der Waals surface area contributed by atoms with Gasteiger partial charge in [-0.15, -0.1) is 0 Å². The molecule has 5 nitrogen and oxygen atoms in total. The molecule has 0 atom stereocenters. The number of amides is 1. The molecule has 0 bridgehead atoms. The van der Waals surface area contributed by atoms with Gasteiger partial charge in [0.25, 0.3) is 0 Å². The van der Waals surface area contributed by atoms with Crippen LogP contribution in [0.5, 0.6) is 5.75 Å². The summed E-state index contributed by atoms with van der Waals surface area (Å²) in [6.07, 6.45) is 3.16. The van der Waals surface area contributed by atoms with Gasteiger partial charge >= 0.3 is 5.97 Å². The first kappa shape index (κ1) is 18.7. The van der Waals surface area contributed by atoms with Crippen LogP contribution >= 0.6 is 0 Å². The van der Waals surface area contributed by atoms with Crippen molar-refractivity contribution in [1.29, 1.82) is 0 Å². The van der Waals surface area contributed by atoms with Gasteiger partial charge in [0, 0.05) is 23.7 Å². The smallest absolute Gasteiger partial charge is 0.337 e. The van der Waals surface area contributed by atoms with E-state index in [1.54, 1.807) is 36.3 Å². The topological polar surface area (TPSA) is 55.8 Å². The third-order valence-electron chi connectivity index (χ3n) is 3.42. The summed E-state index contributed by atoms with van der Waals surface area (Å²) in [7, 11) is 2.87. The molecule has 0 aliphatic heterocycles. The highest BCUT2D eigenvalue weighted by atomic mass is 16.5. The summed E-state index contributed by atoms with van der Waals surface area (Å²) in [5.41, 5.74) is 1.06. The maximum absolute atomic E-state index is 12.4. The summed E-state index contributed by atoms with van der Waals surface area (Å²) in [5, 5.41) is 0. The van der Waals surface area contributed by atoms with E-state index in [9.17, 15) is 9.59 Å². The monoisotopic (exact) mass is 319 g/mol. The molecule has 5 heteroatoms. The number of esters is 1. The molecule has 0 spiro atoms. The lowest BCUT2D eigenvalue weighted by atomic mass is 10.1. The van der Waals surface area contributed by atoms with E-state index in [1.165, 1.54) is 13.2 Å². The SMILES string of the molecule is COC(=O)c1ccc(OC)c(/C=C/C(=O)N(C(C)C)C(C)C)c1. The van der Waals surface area contributed by atoms with Crippen molar-refractivity contribution in [2.24, 2.45) is 0 Å². The zero-order valence-corrected chi connectivity index (χ0v) is 14.6. The summed E-state index contributed by atoms with van der Waals surface area (Å²) in [6, 6.07) is 5.16. The molecule has 0 N–H and O–H groups in total. The number of benzene rings is 1. The Balaban J connectivity index is 3.10. The molecule has 0 aromatic heterocycles. The van der Waals surface area contributed by atoms with Gasteiger partial charge in [0.1, 0.15) is 5.75 Å². The predicted octanol–water partition coefficient (Wildman–Crippen LogP) is 3.14. The van der Waals surface area contributed by atoms with Crippen LogP contribution in [0.25, 0.3) is 6.08 Å². The highest BCUT2D eigenvalue weighted by Gasteiger charge is 2.17. The number of rotatable bonds is 6. The highest BCUT2D eigenvalue weighted by molar-refractivity contribution is 5.94. The second kappa shape index (κ2) is 8.36. The van der Waals surface area contributed by atoms with E-state index in [-0.39, 0.29) is 18.0 Å². The van der Waals surface area contributed by atoms with Crippen LogP contribution in [-0.4, -0.2) is 43.1 Å². The molecule has 0 saturated heterocycles. The Hall–Kier alpha value is -2.30. The molecule has 1 aromatic carbocycles. The number of ether oxygens (including phenoxy) is 2. The highest BCUT2D eigenvalue weighted by Crippen LogP contribution is 2.22. The van der Waals surface area contributed by atoms with Gasteiger partial charge in [-0.2, -0.15) is 0 Å². The molecule has 0 saturated carbocycles. The summed E-state index contributed by atoms with van der Waals surface area (Å²) >= 11 is 0. The Labute approximate surface area is 137 Å². The van der Waals surface area contributed by atoms with Crippen LogP contribution in [0.3, 0.4) is 0 Å². The van der Waals surface area contributed by atoms with E-state index in [0.717, 1.165) is 0 Å². The molecule has 0 fully saturated rings. The van der Waals surface area contributed by atoms with Crippen LogP contribution in [0.1, 0.15) is 43.6 Å². The van der Waals surface area contributed by atoms with Crippen molar-refractivity contribution in [2.45, 2.75) is 39.8 Å². The van der Waals surface area contributed by atoms with Crippen molar-refractivity contribution in [2.75, 3.05) is 14.2 Å². The maximum atomic E-state index is 12.4. The van der Waals surface area contributed by atoms with E-state index in [1.807, 2.05) is 27.7 Å². The second-order valence-corrected chi connectivity index (χ2v) is 5.71. The first-order valence-electron chi connectivity index (χ1n) is 7.58. The predicted molar refractivity (Wildman–Crippen MR) is 90.5 cm³/mol. The number of carbonyl (C=O) groups is 2. The van der Waals surface area contributed by atoms with Crippen LogP contribution in [0.4, 0.5) is 0 Å². The Morgan fingerprint density at radius 2 is 1.70 bits per heavy atom. The fourth-order valence-electron chi connectivity index (χ4n) is 2.46. The Bertz CT molecular complexity index is 583. The lowest BCUT2D eigenvalue weighted by Gasteiger charge is -2.29. The lowest BCUT2D eigenvalue weighted by Crippen LogP contribution is -2.41. The zero-order chi connectivity index (χ0) is 17.6. The largest absolute Gasteiger partial charge is 0.496 e. The molecule has 1 amide bonds. The minimum Gasteiger partial charge on any atom is -0.496 e. The number of hydrogen-bond acceptors (Lipinski definition) is 4. The third kappa shape index (κ3) is 4.84. The van der Waals surface area contributed by atoms with Crippen molar-refractivity contribution >= 4 is 18.0 Å². The fraction of sp³-hybridized carbons (Fsp3) is 0.444. The number of methoxy groups -OCH3 is 2. The molecule has 0 aliphatic carbocycles. The van der Waals surface area contributed by atoms with Crippen LogP contribution in [0, 0.1) is 0 Å². The third-order valence-corrected chi connectivity index (χ3v) is 3.42. The van der Waals surface area contributed by atoms with Gasteiger partial charge in [0.2, 0.25) is 5.91 Å². The Kier molecular flexibility index (Phi) is 6.82. The Morgan fingerprint density at radius 1 is 1.09 bits per heavy atom. The summed E-state index contributed by atoms with van der Waals surface area (Å²) < 4.78 is 9.99. The number of carbonyl (C=O) groups excluding carboxylic acids is 2. The fourth-order valence-corrected chi connectivity index (χ4v) is 2.46. The van der Waals surface area contributed by atoms with Gasteiger partial charge in [0.15, 0.2) is 0 Å². The van der Waals surface area contributed by atoms with E-state index in [0.29, 0.717) is 16.9 Å². The van der Waals surface area contributed by atoms with Gasteiger partial charge < -0.3 is 14.4 Å². The van der Waals surface area contributed by atoms with Crippen LogP contribution < -0.4 is 4.74 Å². The summed E-state index contributed by atoms with van der Waals surface area (Å²) in [4.78, 5) is 25.8. The van der Waals surface area contributed by atoms with E-state index < -0.39 is 5.97 Å². The molecule has 0 heterocycles. The van der Waals surface area contributed by atoms with Crippen molar-refractivity contribution in [3.8, 4) is 5.75 Å². The lowest BCUT2D eigenvalue weighted by molar-refractivity contribution is -0.129. The molecular formula is C18H25NO4. The van der Waals surface area contributed by atoms with Gasteiger partial charge in [-0.25, -0.2) is 4.79 Å². The molecule has 1 aromatic rings. The second-order valence-electron chi connectivity index (χ2n) is 5.71. The maximum Gasteiger partial charge on any atom is 0.337 e. The quantitative estimate of drug-likeness (QED) is 0.597. The first-order valence-corrected chi connectivity index (χ1v) is 7.58. The van der Waals surface area contributed by atoms with E-state index in [2.05, 4.69) is 0 Å². The van der Waals surface area contributed by atoms with Crippen LogP contribution in [0.15, 0.2) is 24.3 Å². The molecule has 23 heavy (non-hydrogen) atoms. The van der Waals surface area contributed by atoms with E-state index >= 15 is 0 Å². The van der Waals surface area contributed by atoms with Crippen LogP contribution in [0.2, 0.25) is 0 Å². The minimum atomic E-state index is -0.431. The zero-order valence-electron chi connectivity index (χ0n) is 14.6. The van der Waals surface area contributed by atoms with Crippen molar-refractivity contribution in [1.82, 2.24) is 4.90 Å². The Morgan fingerprint density at radius 3 is 2.17 bits per heavy atom. The molecule has 0 unspecified atom stereocenters. The summed E-state index contributed by atoms with van der Waals surface area (Å²) in [6.45, 7) is 7.91. The van der Waals surface area contributed by atoms with Gasteiger partial charge in [-0.3, -0.25) is 4.79 Å². The minimum absolute atomic E-state index is 0.0828. The van der Waals surface area contributed by atoms with Gasteiger partial charge in [-0.1, -0.05) is 0 Å². The average molecular weight is 319 g/mol. The number of hydrogen-bond donors (Lipinski definition) is 0. The standard InChI is InChI=1S/C18H25NO4/c1-12(2)19(13(3)4)17(20)10-8-14-11-15(18(21)23-6)7-9-16(14)22-5/h7-13H,1-6H3/b10-8+. The first-order chi connectivity index (χ1) is 10.8. The number of nitrogens with zero attached hydrogens (tertiary/aromatic N) is 1. The molecule has 0 aliphatic rings. The summed E-state index contributed by atoms with van der Waals surface area (Å²) in [5.74, 6) is 0.0717. The van der Waals surface area contributed by atoms with Crippen LogP contribution in [-0.2, 0) is 9.53 Å². The average Bonchev–Trinajstić information content (AvgIpc) is 2.51. The molecule has 126 valence electrons. The van der Waals surface area contributed by atoms with Gasteiger partial charge in [0.05, 0.1) is 19.8 Å². The van der Waals surface area contributed by atoms with Crippen molar-refractivity contribution in [3.05, 3.63) is 35.4 Å². The molecular weight excluding hydrogens is 294 g/mol. The van der Waals surface area contributed by atoms with Crippen molar-refractivity contribution in [3.63, 3.8) is 0 Å². The normalized spacial score (nSPS) is 11.1. The van der Waals surface area contributed by atoms with Crippen molar-refractivity contribution < 1.29 is 19.1 Å². The molecule has 1 rings (SSSR count). The molecule has 0 radical (unpaired) electrons. The van der Waals surface area contributed by atoms with E-state index in [4.69, 9.17) is 9.47 Å². The van der Waals surface area contributed by atoms with Gasteiger partial charge in [-0.05, 0) is 52.0 Å².